The second-order valence-electron chi connectivity index (χ2n) is 5.89. The Labute approximate surface area is 178 Å². The average Bonchev–Trinajstić information content (AvgIpc) is 2.59. The number of halogens is 17. The van der Waals surface area contributed by atoms with Gasteiger partial charge < -0.3 is 5.32 Å². The summed E-state index contributed by atoms with van der Waals surface area (Å²) in [5.41, 5.74) is 0. The van der Waals surface area contributed by atoms with Crippen LogP contribution < -0.4 is 5.32 Å². The van der Waals surface area contributed by atoms with Crippen molar-refractivity contribution in [2.75, 3.05) is 13.1 Å². The van der Waals surface area contributed by atoms with Gasteiger partial charge in [-0.1, -0.05) is 13.8 Å². The molecule has 4 nitrogen and oxygen atoms in total. The van der Waals surface area contributed by atoms with Gasteiger partial charge in [0.05, 0.1) is 0 Å². The Morgan fingerprint density at radius 1 is 0.529 bits per heavy atom. The number of alkyl halides is 17. The lowest BCUT2D eigenvalue weighted by Crippen LogP contribution is -2.74. The van der Waals surface area contributed by atoms with Crippen molar-refractivity contribution in [2.24, 2.45) is 0 Å². The maximum atomic E-state index is 13.0. The molecule has 2 N–H and O–H groups in total. The number of hydrogen-bond donors (Lipinski definition) is 2. The molecule has 34 heavy (non-hydrogen) atoms. The van der Waals surface area contributed by atoms with Crippen LogP contribution in [0, 0.1) is 0 Å². The third-order valence-corrected chi connectivity index (χ3v) is 4.42. The Kier molecular flexibility index (Phi) is 9.86. The molecule has 0 aliphatic heterocycles. The average molecular weight is 573 g/mol. The van der Waals surface area contributed by atoms with Gasteiger partial charge in [0.2, 0.25) is 0 Å². The lowest BCUT2D eigenvalue weighted by atomic mass is 9.91. The highest BCUT2D eigenvalue weighted by Gasteiger charge is 2.96. The summed E-state index contributed by atoms with van der Waals surface area (Å²) in [4.78, 5) is 0. The highest BCUT2D eigenvalue weighted by atomic mass is 32.2. The van der Waals surface area contributed by atoms with Crippen molar-refractivity contribution in [1.29, 1.82) is 0 Å². The Bertz CT molecular complexity index is 788. The summed E-state index contributed by atoms with van der Waals surface area (Å²) in [7, 11) is -7.89. The minimum atomic E-state index is -8.89. The molecule has 0 amide bonds. The maximum Gasteiger partial charge on any atom is 0.460 e. The van der Waals surface area contributed by atoms with Crippen molar-refractivity contribution in [3.8, 4) is 0 Å². The van der Waals surface area contributed by atoms with E-state index in [0.717, 1.165) is 13.1 Å². The van der Waals surface area contributed by atoms with Crippen LogP contribution in [0.2, 0.25) is 0 Å². The van der Waals surface area contributed by atoms with E-state index in [-0.39, 0.29) is 0 Å². The third kappa shape index (κ3) is 5.12. The van der Waals surface area contributed by atoms with E-state index >= 15 is 0 Å². The van der Waals surface area contributed by atoms with Crippen LogP contribution in [0.15, 0.2) is 0 Å². The Morgan fingerprint density at radius 2 is 0.765 bits per heavy atom. The van der Waals surface area contributed by atoms with E-state index in [0.29, 0.717) is 0 Å². The van der Waals surface area contributed by atoms with Crippen LogP contribution in [-0.4, -0.2) is 73.0 Å². The van der Waals surface area contributed by atoms with E-state index in [1.807, 2.05) is 0 Å². The summed E-state index contributed by atoms with van der Waals surface area (Å²) in [6, 6.07) is 0. The van der Waals surface area contributed by atoms with E-state index in [1.165, 1.54) is 0 Å². The first-order valence-electron chi connectivity index (χ1n) is 7.80. The molecule has 0 aromatic heterocycles. The lowest BCUT2D eigenvalue weighted by molar-refractivity contribution is -0.458. The van der Waals surface area contributed by atoms with Crippen LogP contribution in [0.25, 0.3) is 0 Å². The van der Waals surface area contributed by atoms with Gasteiger partial charge in [0.15, 0.2) is 0 Å². The second kappa shape index (κ2) is 9.62. The molecule has 0 aromatic rings. The van der Waals surface area contributed by atoms with E-state index in [2.05, 4.69) is 19.2 Å². The molecule has 0 unspecified atom stereocenters. The van der Waals surface area contributed by atoms with E-state index in [1.54, 1.807) is 0 Å². The van der Waals surface area contributed by atoms with E-state index < -0.39 is 57.1 Å². The fraction of sp³-hybridized carbons (Fsp3) is 1.00. The van der Waals surface area contributed by atoms with Crippen LogP contribution >= 0.6 is 0 Å². The zero-order valence-electron chi connectivity index (χ0n) is 16.0. The zero-order valence-corrected chi connectivity index (χ0v) is 16.8. The lowest BCUT2D eigenvalue weighted by Gasteiger charge is -2.42. The Hall–Kier alpha value is -1.32. The van der Waals surface area contributed by atoms with Crippen LogP contribution in [0.1, 0.15) is 13.8 Å². The molecule has 0 spiro atoms. The second-order valence-corrected chi connectivity index (χ2v) is 7.36. The smallest absolute Gasteiger partial charge is 0.317 e. The Balaban J connectivity index is 0. The first kappa shape index (κ1) is 34.8. The first-order valence-corrected chi connectivity index (χ1v) is 9.24. The van der Waals surface area contributed by atoms with Crippen molar-refractivity contribution >= 4 is 10.1 Å². The molecule has 208 valence electrons. The minimum Gasteiger partial charge on any atom is -0.317 e. The standard InChI is InChI=1S/C8HF17O3S.C4H11N/c9-1(10,3(13,14)5(17,18)7(21,22)23)2(11,12)4(15,16)6(19,20)8(24,25)29(26,27)28;1-3-5-4-2/h(H,26,27,28);5H,3-4H2,1-2H3. The predicted octanol–water partition coefficient (Wildman–Crippen LogP) is 5.46. The summed E-state index contributed by atoms with van der Waals surface area (Å²) in [6.07, 6.45) is -7.88. The van der Waals surface area contributed by atoms with Crippen LogP contribution in [0.3, 0.4) is 0 Å². The predicted molar refractivity (Wildman–Crippen MR) is 76.5 cm³/mol. The van der Waals surface area contributed by atoms with Gasteiger partial charge in [-0.15, -0.1) is 0 Å². The van der Waals surface area contributed by atoms with Crippen LogP contribution in [0.4, 0.5) is 74.6 Å². The third-order valence-electron chi connectivity index (χ3n) is 3.52. The molecule has 0 aliphatic carbocycles. The molecule has 22 heteroatoms. The monoisotopic (exact) mass is 573 g/mol. The molecule has 0 heterocycles. The molecule has 0 atom stereocenters. The van der Waals surface area contributed by atoms with Gasteiger partial charge in [-0.05, 0) is 13.1 Å². The maximum absolute atomic E-state index is 13.0. The molecule has 0 aromatic carbocycles. The van der Waals surface area contributed by atoms with E-state index in [9.17, 15) is 83.1 Å². The normalized spacial score (nSPS) is 15.6. The molecule has 0 radical (unpaired) electrons. The summed E-state index contributed by atoms with van der Waals surface area (Å²) in [5.74, 6) is -52.0. The molecular formula is C12H12F17NO3S. The highest BCUT2D eigenvalue weighted by molar-refractivity contribution is 7.87. The minimum absolute atomic E-state index is 1.09. The zero-order chi connectivity index (χ0) is 28.6. The molecule has 0 bridgehead atoms. The van der Waals surface area contributed by atoms with Crippen molar-refractivity contribution in [1.82, 2.24) is 5.32 Å². The number of rotatable bonds is 9. The largest absolute Gasteiger partial charge is 0.460 e. The van der Waals surface area contributed by atoms with Crippen molar-refractivity contribution in [3.63, 3.8) is 0 Å². The SMILES string of the molecule is CCNCC.O=S(=O)(O)C(F)(F)C(F)(F)C(F)(F)C(F)(F)C(F)(F)C(F)(F)C(F)(F)C(F)(F)F. The van der Waals surface area contributed by atoms with E-state index in [4.69, 9.17) is 4.55 Å². The van der Waals surface area contributed by atoms with Gasteiger partial charge in [-0.2, -0.15) is 83.1 Å². The summed E-state index contributed by atoms with van der Waals surface area (Å²) >= 11 is 0. The van der Waals surface area contributed by atoms with Gasteiger partial charge in [0, 0.05) is 0 Å². The van der Waals surface area contributed by atoms with Gasteiger partial charge in [-0.25, -0.2) is 0 Å². The molecule has 0 aliphatic rings. The quantitative estimate of drug-likeness (QED) is 0.284. The number of hydrogen-bond acceptors (Lipinski definition) is 3. The number of nitrogens with one attached hydrogen (secondary N) is 1. The fourth-order valence-electron chi connectivity index (χ4n) is 1.56. The Morgan fingerprint density at radius 3 is 0.941 bits per heavy atom. The summed E-state index contributed by atoms with van der Waals surface area (Å²) < 4.78 is 242. The molecular weight excluding hydrogens is 561 g/mol. The van der Waals surface area contributed by atoms with Gasteiger partial charge in [0.25, 0.3) is 0 Å². The summed E-state index contributed by atoms with van der Waals surface area (Å²) in [6.45, 7) is 6.39. The first-order chi connectivity index (χ1) is 14.4. The van der Waals surface area contributed by atoms with Crippen LogP contribution in [-0.2, 0) is 10.1 Å². The summed E-state index contributed by atoms with van der Waals surface area (Å²) in [5, 5.41) is -4.73. The highest BCUT2D eigenvalue weighted by Crippen LogP contribution is 2.64. The van der Waals surface area contributed by atoms with Crippen molar-refractivity contribution < 1.29 is 87.6 Å². The topological polar surface area (TPSA) is 66.4 Å². The van der Waals surface area contributed by atoms with Gasteiger partial charge in [0.1, 0.15) is 0 Å². The van der Waals surface area contributed by atoms with Crippen molar-refractivity contribution in [3.05, 3.63) is 0 Å². The molecule has 0 fully saturated rings. The van der Waals surface area contributed by atoms with Crippen LogP contribution in [0.5, 0.6) is 0 Å². The van der Waals surface area contributed by atoms with Gasteiger partial charge in [-0.3, -0.25) is 4.55 Å². The van der Waals surface area contributed by atoms with Crippen molar-refractivity contribution in [2.45, 2.75) is 60.8 Å². The van der Waals surface area contributed by atoms with Gasteiger partial charge >= 0.3 is 57.1 Å². The molecule has 0 rings (SSSR count). The molecule has 0 saturated heterocycles. The molecule has 0 saturated carbocycles. The fourth-order valence-corrected chi connectivity index (χ4v) is 2.01.